The summed E-state index contributed by atoms with van der Waals surface area (Å²) >= 11 is 0. The molecule has 0 bridgehead atoms. The second-order valence-corrected chi connectivity index (χ2v) is 5.74. The van der Waals surface area contributed by atoms with E-state index in [4.69, 9.17) is 0 Å². The molecular formula is C14H19FN2O. The summed E-state index contributed by atoms with van der Waals surface area (Å²) in [5.74, 6) is 0.165. The van der Waals surface area contributed by atoms with Crippen LogP contribution in [-0.4, -0.2) is 16.9 Å². The molecule has 1 aliphatic rings. The molecule has 3 nitrogen and oxygen atoms in total. The molecule has 0 aliphatic carbocycles. The highest BCUT2D eigenvalue weighted by atomic mass is 19.1. The summed E-state index contributed by atoms with van der Waals surface area (Å²) in [5, 5.41) is 3.00. The Morgan fingerprint density at radius 2 is 2.28 bits per heavy atom. The molecule has 1 saturated heterocycles. The highest BCUT2D eigenvalue weighted by molar-refractivity contribution is 5.81. The maximum atomic E-state index is 13.3. The Hall–Kier alpha value is -1.45. The molecule has 0 radical (unpaired) electrons. The number of nitrogens with zero attached hydrogens (tertiary/aromatic N) is 1. The van der Waals surface area contributed by atoms with Crippen LogP contribution in [0.5, 0.6) is 0 Å². The third kappa shape index (κ3) is 2.37. The fourth-order valence-electron chi connectivity index (χ4n) is 2.68. The summed E-state index contributed by atoms with van der Waals surface area (Å²) in [5.41, 5.74) is 0.433. The van der Waals surface area contributed by atoms with E-state index in [0.29, 0.717) is 12.3 Å². The first-order valence-corrected chi connectivity index (χ1v) is 6.32. The van der Waals surface area contributed by atoms with Gasteiger partial charge in [0.25, 0.3) is 0 Å². The van der Waals surface area contributed by atoms with Gasteiger partial charge in [-0.2, -0.15) is 0 Å². The number of carbonyl (C=O) groups excluding carboxylic acids is 1. The maximum absolute atomic E-state index is 13.3. The lowest BCUT2D eigenvalue weighted by molar-refractivity contribution is -0.119. The molecule has 1 aliphatic heterocycles. The van der Waals surface area contributed by atoms with Crippen molar-refractivity contribution in [3.8, 4) is 0 Å². The highest BCUT2D eigenvalue weighted by Gasteiger charge is 2.44. The molecule has 1 aromatic rings. The zero-order valence-corrected chi connectivity index (χ0v) is 11.0. The van der Waals surface area contributed by atoms with Crippen molar-refractivity contribution in [2.75, 3.05) is 0 Å². The number of nitrogens with one attached hydrogen (secondary N) is 1. The summed E-state index contributed by atoms with van der Waals surface area (Å²) in [6.07, 6.45) is 4.14. The molecule has 1 aromatic heterocycles. The fraction of sp³-hybridized carbons (Fsp3) is 0.571. The van der Waals surface area contributed by atoms with Gasteiger partial charge in [0.2, 0.25) is 5.91 Å². The molecule has 0 aromatic carbocycles. The topological polar surface area (TPSA) is 42.0 Å². The van der Waals surface area contributed by atoms with Gasteiger partial charge in [0, 0.05) is 24.1 Å². The summed E-state index contributed by atoms with van der Waals surface area (Å²) in [6, 6.07) is 1.54. The Labute approximate surface area is 107 Å². The van der Waals surface area contributed by atoms with E-state index >= 15 is 0 Å². The molecule has 0 saturated carbocycles. The lowest BCUT2D eigenvalue weighted by atomic mass is 9.74. The van der Waals surface area contributed by atoms with Gasteiger partial charge in [-0.05, 0) is 24.0 Å². The van der Waals surface area contributed by atoms with Gasteiger partial charge in [-0.25, -0.2) is 4.39 Å². The summed E-state index contributed by atoms with van der Waals surface area (Å²) < 4.78 is 13.3. The van der Waals surface area contributed by atoms with Crippen LogP contribution in [0.2, 0.25) is 0 Å². The summed E-state index contributed by atoms with van der Waals surface area (Å²) in [4.78, 5) is 15.6. The largest absolute Gasteiger partial charge is 0.352 e. The van der Waals surface area contributed by atoms with Crippen molar-refractivity contribution in [1.29, 1.82) is 0 Å². The smallest absolute Gasteiger partial charge is 0.221 e. The standard InChI is InChI=1S/C14H19FN2O/c1-9(2)4-12-14(3,6-13(18)17-12)10-5-11(15)8-16-7-10/h5,7-9,12H,4,6H2,1-3H3,(H,17,18). The van der Waals surface area contributed by atoms with Gasteiger partial charge in [0.05, 0.1) is 6.20 Å². The van der Waals surface area contributed by atoms with Crippen molar-refractivity contribution in [2.24, 2.45) is 5.92 Å². The van der Waals surface area contributed by atoms with Gasteiger partial charge in [-0.1, -0.05) is 20.8 Å². The average Bonchev–Trinajstić information content (AvgIpc) is 2.54. The first-order valence-electron chi connectivity index (χ1n) is 6.32. The molecule has 98 valence electrons. The van der Waals surface area contributed by atoms with E-state index in [0.717, 1.165) is 12.0 Å². The van der Waals surface area contributed by atoms with Crippen molar-refractivity contribution in [3.05, 3.63) is 29.8 Å². The molecule has 2 heterocycles. The Kier molecular flexibility index (Phi) is 3.37. The van der Waals surface area contributed by atoms with Crippen LogP contribution in [0.15, 0.2) is 18.5 Å². The SMILES string of the molecule is CC(C)CC1NC(=O)CC1(C)c1cncc(F)c1. The molecule has 4 heteroatoms. The van der Waals surface area contributed by atoms with Crippen molar-refractivity contribution < 1.29 is 9.18 Å². The van der Waals surface area contributed by atoms with E-state index < -0.39 is 0 Å². The first kappa shape index (κ1) is 13.0. The molecule has 2 atom stereocenters. The van der Waals surface area contributed by atoms with E-state index in [-0.39, 0.29) is 23.2 Å². The molecule has 1 N–H and O–H groups in total. The Balaban J connectivity index is 2.34. The fourth-order valence-corrected chi connectivity index (χ4v) is 2.68. The maximum Gasteiger partial charge on any atom is 0.221 e. The van der Waals surface area contributed by atoms with Gasteiger partial charge in [0.15, 0.2) is 0 Å². The average molecular weight is 250 g/mol. The molecule has 2 rings (SSSR count). The van der Waals surface area contributed by atoms with Crippen LogP contribution in [0.25, 0.3) is 0 Å². The molecule has 18 heavy (non-hydrogen) atoms. The van der Waals surface area contributed by atoms with Crippen LogP contribution >= 0.6 is 0 Å². The van der Waals surface area contributed by atoms with E-state index in [2.05, 4.69) is 24.1 Å². The number of halogens is 1. The zero-order chi connectivity index (χ0) is 13.3. The van der Waals surface area contributed by atoms with Crippen molar-refractivity contribution >= 4 is 5.91 Å². The quantitative estimate of drug-likeness (QED) is 0.895. The number of aromatic nitrogens is 1. The Morgan fingerprint density at radius 1 is 1.56 bits per heavy atom. The monoisotopic (exact) mass is 250 g/mol. The van der Waals surface area contributed by atoms with Crippen LogP contribution in [-0.2, 0) is 10.2 Å². The lowest BCUT2D eigenvalue weighted by Crippen LogP contribution is -2.39. The lowest BCUT2D eigenvalue weighted by Gasteiger charge is -2.31. The van der Waals surface area contributed by atoms with Crippen LogP contribution in [0.1, 0.15) is 39.2 Å². The minimum absolute atomic E-state index is 0.0346. The van der Waals surface area contributed by atoms with Crippen LogP contribution in [0, 0.1) is 11.7 Å². The highest BCUT2D eigenvalue weighted by Crippen LogP contribution is 2.38. The summed E-state index contributed by atoms with van der Waals surface area (Å²) in [7, 11) is 0. The molecule has 1 amide bonds. The van der Waals surface area contributed by atoms with Crippen LogP contribution in [0.4, 0.5) is 4.39 Å². The number of rotatable bonds is 3. The zero-order valence-electron chi connectivity index (χ0n) is 11.0. The van der Waals surface area contributed by atoms with E-state index in [1.807, 2.05) is 6.92 Å². The third-order valence-corrected chi connectivity index (χ3v) is 3.70. The van der Waals surface area contributed by atoms with Gasteiger partial charge < -0.3 is 5.32 Å². The van der Waals surface area contributed by atoms with Crippen molar-refractivity contribution in [1.82, 2.24) is 10.3 Å². The number of hydrogen-bond acceptors (Lipinski definition) is 2. The first-order chi connectivity index (χ1) is 8.41. The molecule has 0 spiro atoms. The van der Waals surface area contributed by atoms with Crippen LogP contribution in [0.3, 0.4) is 0 Å². The number of hydrogen-bond donors (Lipinski definition) is 1. The number of carbonyl (C=O) groups is 1. The second kappa shape index (κ2) is 4.67. The van der Waals surface area contributed by atoms with Crippen molar-refractivity contribution in [3.63, 3.8) is 0 Å². The summed E-state index contributed by atoms with van der Waals surface area (Å²) in [6.45, 7) is 6.25. The Bertz CT molecular complexity index is 461. The van der Waals surface area contributed by atoms with Gasteiger partial charge >= 0.3 is 0 Å². The predicted molar refractivity (Wildman–Crippen MR) is 67.5 cm³/mol. The Morgan fingerprint density at radius 3 is 2.89 bits per heavy atom. The number of amides is 1. The van der Waals surface area contributed by atoms with E-state index in [1.165, 1.54) is 12.3 Å². The third-order valence-electron chi connectivity index (χ3n) is 3.70. The van der Waals surface area contributed by atoms with Gasteiger partial charge in [-0.3, -0.25) is 9.78 Å². The van der Waals surface area contributed by atoms with E-state index in [9.17, 15) is 9.18 Å². The minimum Gasteiger partial charge on any atom is -0.352 e. The van der Waals surface area contributed by atoms with Crippen molar-refractivity contribution in [2.45, 2.75) is 45.1 Å². The normalized spacial score (nSPS) is 27.6. The molecular weight excluding hydrogens is 231 g/mol. The minimum atomic E-state index is -0.365. The molecule has 1 fully saturated rings. The predicted octanol–water partition coefficient (Wildman–Crippen LogP) is 2.41. The van der Waals surface area contributed by atoms with Gasteiger partial charge in [0.1, 0.15) is 5.82 Å². The van der Waals surface area contributed by atoms with E-state index in [1.54, 1.807) is 6.20 Å². The van der Waals surface area contributed by atoms with Gasteiger partial charge in [-0.15, -0.1) is 0 Å². The molecule has 2 unspecified atom stereocenters. The second-order valence-electron chi connectivity index (χ2n) is 5.74. The number of pyridine rings is 1. The van der Waals surface area contributed by atoms with Crippen LogP contribution < -0.4 is 5.32 Å².